The molecule has 0 bridgehead atoms. The van der Waals surface area contributed by atoms with Crippen LogP contribution in [0.3, 0.4) is 0 Å². The third kappa shape index (κ3) is 1.74. The molecule has 2 aromatic heterocycles. The third-order valence-electron chi connectivity index (χ3n) is 3.43. The van der Waals surface area contributed by atoms with Crippen LogP contribution in [0.5, 0.6) is 0 Å². The highest BCUT2D eigenvalue weighted by Crippen LogP contribution is 2.25. The van der Waals surface area contributed by atoms with Gasteiger partial charge in [0, 0.05) is 5.92 Å². The van der Waals surface area contributed by atoms with E-state index in [2.05, 4.69) is 10.3 Å². The van der Waals surface area contributed by atoms with Crippen molar-refractivity contribution in [3.8, 4) is 0 Å². The molecule has 2 aromatic rings. The van der Waals surface area contributed by atoms with Gasteiger partial charge in [-0.05, 0) is 38.1 Å². The molecule has 88 valence electrons. The van der Waals surface area contributed by atoms with E-state index in [9.17, 15) is 4.79 Å². The highest BCUT2D eigenvalue weighted by atomic mass is 16.1. The summed E-state index contributed by atoms with van der Waals surface area (Å²) in [5, 5.41) is 3.35. The first-order valence-electron chi connectivity index (χ1n) is 6.02. The van der Waals surface area contributed by atoms with Crippen LogP contribution >= 0.6 is 0 Å². The molecule has 0 aromatic carbocycles. The predicted octanol–water partition coefficient (Wildman–Crippen LogP) is 1.61. The van der Waals surface area contributed by atoms with Crippen LogP contribution in [0.15, 0.2) is 24.4 Å². The summed E-state index contributed by atoms with van der Waals surface area (Å²) in [4.78, 5) is 15.6. The van der Waals surface area contributed by atoms with Gasteiger partial charge in [0.25, 0.3) is 0 Å². The molecule has 0 spiro atoms. The highest BCUT2D eigenvalue weighted by Gasteiger charge is 2.20. The average Bonchev–Trinajstić information content (AvgIpc) is 2.83. The lowest BCUT2D eigenvalue weighted by Crippen LogP contribution is -2.27. The maximum Gasteiger partial charge on any atom is 0.166 e. The van der Waals surface area contributed by atoms with Crippen molar-refractivity contribution in [1.82, 2.24) is 14.7 Å². The van der Waals surface area contributed by atoms with E-state index in [0.717, 1.165) is 43.6 Å². The maximum atomic E-state index is 11.1. The molecule has 0 atom stereocenters. The maximum absolute atomic E-state index is 11.1. The van der Waals surface area contributed by atoms with E-state index in [1.807, 2.05) is 28.8 Å². The number of piperidine rings is 1. The lowest BCUT2D eigenvalue weighted by atomic mass is 9.97. The number of imidazole rings is 1. The molecule has 3 heterocycles. The Balaban J connectivity index is 2.12. The standard InChI is InChI=1S/C13H15N3O/c17-9-12-3-1-2-11-8-15-13(16(11)12)10-4-6-14-7-5-10/h1-3,8-10,14H,4-7H2. The highest BCUT2D eigenvalue weighted by molar-refractivity contribution is 5.74. The summed E-state index contributed by atoms with van der Waals surface area (Å²) in [6.07, 6.45) is 4.93. The quantitative estimate of drug-likeness (QED) is 0.796. The molecule has 4 heteroatoms. The molecule has 0 radical (unpaired) electrons. The molecule has 0 unspecified atom stereocenters. The molecule has 0 amide bonds. The van der Waals surface area contributed by atoms with E-state index >= 15 is 0 Å². The molecule has 3 rings (SSSR count). The Hall–Kier alpha value is -1.68. The number of aromatic nitrogens is 2. The lowest BCUT2D eigenvalue weighted by Gasteiger charge is -2.21. The summed E-state index contributed by atoms with van der Waals surface area (Å²) in [6, 6.07) is 5.73. The Labute approximate surface area is 99.7 Å². The zero-order valence-electron chi connectivity index (χ0n) is 9.60. The van der Waals surface area contributed by atoms with Crippen LogP contribution in [-0.4, -0.2) is 28.8 Å². The Kier molecular flexibility index (Phi) is 2.65. The zero-order chi connectivity index (χ0) is 11.7. The second-order valence-corrected chi connectivity index (χ2v) is 4.47. The SMILES string of the molecule is O=Cc1cccc2cnc(C3CCNCC3)n12. The molecular formula is C13H15N3O. The van der Waals surface area contributed by atoms with Crippen molar-refractivity contribution in [3.63, 3.8) is 0 Å². The van der Waals surface area contributed by atoms with E-state index < -0.39 is 0 Å². The first-order chi connectivity index (χ1) is 8.40. The van der Waals surface area contributed by atoms with Crippen molar-refractivity contribution in [3.05, 3.63) is 35.9 Å². The first kappa shape index (κ1) is 10.5. The molecule has 0 saturated carbocycles. The lowest BCUT2D eigenvalue weighted by molar-refractivity contribution is 0.111. The number of rotatable bonds is 2. The fraction of sp³-hybridized carbons (Fsp3) is 0.385. The monoisotopic (exact) mass is 229 g/mol. The predicted molar refractivity (Wildman–Crippen MR) is 65.4 cm³/mol. The average molecular weight is 229 g/mol. The van der Waals surface area contributed by atoms with Gasteiger partial charge in [0.1, 0.15) is 5.82 Å². The minimum absolute atomic E-state index is 0.458. The Morgan fingerprint density at radius 3 is 2.94 bits per heavy atom. The molecule has 17 heavy (non-hydrogen) atoms. The largest absolute Gasteiger partial charge is 0.317 e. The second-order valence-electron chi connectivity index (χ2n) is 4.47. The molecule has 4 nitrogen and oxygen atoms in total. The number of carbonyl (C=O) groups excluding carboxylic acids is 1. The number of nitrogens with zero attached hydrogens (tertiary/aromatic N) is 2. The summed E-state index contributed by atoms with van der Waals surface area (Å²) in [5.41, 5.74) is 1.69. The third-order valence-corrected chi connectivity index (χ3v) is 3.43. The van der Waals surface area contributed by atoms with E-state index in [-0.39, 0.29) is 0 Å². The number of aldehydes is 1. The molecule has 1 fully saturated rings. The molecule has 1 aliphatic rings. The summed E-state index contributed by atoms with van der Waals surface area (Å²) < 4.78 is 1.99. The minimum atomic E-state index is 0.458. The van der Waals surface area contributed by atoms with Gasteiger partial charge in [-0.15, -0.1) is 0 Å². The van der Waals surface area contributed by atoms with Gasteiger partial charge < -0.3 is 5.32 Å². The smallest absolute Gasteiger partial charge is 0.166 e. The second kappa shape index (κ2) is 4.30. The molecule has 1 aliphatic heterocycles. The first-order valence-corrected chi connectivity index (χ1v) is 6.02. The van der Waals surface area contributed by atoms with Gasteiger partial charge in [0.2, 0.25) is 0 Å². The summed E-state index contributed by atoms with van der Waals surface area (Å²) in [6.45, 7) is 2.06. The number of carbonyl (C=O) groups is 1. The number of hydrogen-bond acceptors (Lipinski definition) is 3. The summed E-state index contributed by atoms with van der Waals surface area (Å²) in [5.74, 6) is 1.49. The van der Waals surface area contributed by atoms with Crippen LogP contribution in [-0.2, 0) is 0 Å². The van der Waals surface area contributed by atoms with E-state index in [0.29, 0.717) is 11.6 Å². The fourth-order valence-electron chi connectivity index (χ4n) is 2.56. The van der Waals surface area contributed by atoms with Gasteiger partial charge in [-0.25, -0.2) is 4.98 Å². The van der Waals surface area contributed by atoms with Gasteiger partial charge in [0.15, 0.2) is 6.29 Å². The van der Waals surface area contributed by atoms with Crippen molar-refractivity contribution in [1.29, 1.82) is 0 Å². The van der Waals surface area contributed by atoms with Crippen LogP contribution in [0.4, 0.5) is 0 Å². The number of nitrogens with one attached hydrogen (secondary N) is 1. The van der Waals surface area contributed by atoms with Crippen LogP contribution in [0.1, 0.15) is 35.1 Å². The van der Waals surface area contributed by atoms with Crippen molar-refractivity contribution < 1.29 is 4.79 Å². The van der Waals surface area contributed by atoms with Crippen molar-refractivity contribution in [2.45, 2.75) is 18.8 Å². The van der Waals surface area contributed by atoms with Crippen molar-refractivity contribution >= 4 is 11.8 Å². The number of pyridine rings is 1. The van der Waals surface area contributed by atoms with Crippen molar-refractivity contribution in [2.75, 3.05) is 13.1 Å². The van der Waals surface area contributed by atoms with Crippen molar-refractivity contribution in [2.24, 2.45) is 0 Å². The normalized spacial score (nSPS) is 17.4. The number of fused-ring (bicyclic) bond motifs is 1. The minimum Gasteiger partial charge on any atom is -0.317 e. The molecule has 1 N–H and O–H groups in total. The Morgan fingerprint density at radius 1 is 1.35 bits per heavy atom. The van der Waals surface area contributed by atoms with E-state index in [4.69, 9.17) is 0 Å². The van der Waals surface area contributed by atoms with E-state index in [1.165, 1.54) is 0 Å². The summed E-state index contributed by atoms with van der Waals surface area (Å²) >= 11 is 0. The fourth-order valence-corrected chi connectivity index (χ4v) is 2.56. The van der Waals surface area contributed by atoms with Gasteiger partial charge in [-0.1, -0.05) is 6.07 Å². The van der Waals surface area contributed by atoms with Crippen LogP contribution in [0, 0.1) is 0 Å². The van der Waals surface area contributed by atoms with Gasteiger partial charge in [0.05, 0.1) is 17.4 Å². The molecular weight excluding hydrogens is 214 g/mol. The topological polar surface area (TPSA) is 46.4 Å². The van der Waals surface area contributed by atoms with Crippen LogP contribution in [0.25, 0.3) is 5.52 Å². The molecule has 1 saturated heterocycles. The Bertz CT molecular complexity index is 541. The van der Waals surface area contributed by atoms with Gasteiger partial charge >= 0.3 is 0 Å². The van der Waals surface area contributed by atoms with Crippen LogP contribution < -0.4 is 5.32 Å². The van der Waals surface area contributed by atoms with E-state index in [1.54, 1.807) is 0 Å². The van der Waals surface area contributed by atoms with Crippen LogP contribution in [0.2, 0.25) is 0 Å². The number of hydrogen-bond donors (Lipinski definition) is 1. The van der Waals surface area contributed by atoms with Gasteiger partial charge in [-0.3, -0.25) is 9.20 Å². The molecule has 0 aliphatic carbocycles. The summed E-state index contributed by atoms with van der Waals surface area (Å²) in [7, 11) is 0. The van der Waals surface area contributed by atoms with Gasteiger partial charge in [-0.2, -0.15) is 0 Å². The zero-order valence-corrected chi connectivity index (χ0v) is 9.60. The Morgan fingerprint density at radius 2 is 2.18 bits per heavy atom.